The molecule has 15 heavy (non-hydrogen) atoms. The summed E-state index contributed by atoms with van der Waals surface area (Å²) in [6, 6.07) is 0. The smallest absolute Gasteiger partial charge is 0.0828 e. The third kappa shape index (κ3) is 2.05. The van der Waals surface area contributed by atoms with E-state index >= 15 is 0 Å². The molecule has 3 N–H and O–H groups in total. The van der Waals surface area contributed by atoms with E-state index in [0.29, 0.717) is 13.2 Å². The van der Waals surface area contributed by atoms with Gasteiger partial charge in [-0.3, -0.25) is 0 Å². The Balaban J connectivity index is 2.06. The minimum Gasteiger partial charge on any atom is -0.388 e. The van der Waals surface area contributed by atoms with E-state index in [4.69, 9.17) is 10.5 Å². The van der Waals surface area contributed by atoms with Crippen LogP contribution in [0.2, 0.25) is 0 Å². The van der Waals surface area contributed by atoms with Crippen LogP contribution in [0.3, 0.4) is 0 Å². The lowest BCUT2D eigenvalue weighted by molar-refractivity contribution is -0.108. The Morgan fingerprint density at radius 2 is 1.67 bits per heavy atom. The van der Waals surface area contributed by atoms with Crippen LogP contribution in [0.25, 0.3) is 0 Å². The molecule has 0 atom stereocenters. The maximum Gasteiger partial charge on any atom is 0.0828 e. The molecule has 1 saturated heterocycles. The molecular weight excluding hydrogens is 190 g/mol. The molecule has 0 aromatic rings. The first kappa shape index (κ1) is 11.4. The van der Waals surface area contributed by atoms with Gasteiger partial charge >= 0.3 is 0 Å². The van der Waals surface area contributed by atoms with Crippen LogP contribution in [0.4, 0.5) is 0 Å². The summed E-state index contributed by atoms with van der Waals surface area (Å²) in [5.74, 6) is 0.744. The normalized spacial score (nSPS) is 41.4. The number of rotatable bonds is 1. The van der Waals surface area contributed by atoms with Gasteiger partial charge in [0.05, 0.1) is 5.60 Å². The topological polar surface area (TPSA) is 55.5 Å². The van der Waals surface area contributed by atoms with Crippen molar-refractivity contribution in [3.05, 3.63) is 0 Å². The number of nitrogens with two attached hydrogens (primary N) is 1. The first-order valence-electron chi connectivity index (χ1n) is 6.15. The molecule has 88 valence electrons. The van der Waals surface area contributed by atoms with Gasteiger partial charge in [-0.15, -0.1) is 0 Å². The summed E-state index contributed by atoms with van der Waals surface area (Å²) < 4.78 is 5.33. The molecule has 1 aliphatic carbocycles. The average molecular weight is 213 g/mol. The Morgan fingerprint density at radius 1 is 1.13 bits per heavy atom. The van der Waals surface area contributed by atoms with Crippen LogP contribution in [0, 0.1) is 5.92 Å². The zero-order chi connectivity index (χ0) is 10.9. The molecule has 0 unspecified atom stereocenters. The van der Waals surface area contributed by atoms with Gasteiger partial charge in [-0.2, -0.15) is 0 Å². The highest BCUT2D eigenvalue weighted by molar-refractivity contribution is 5.06. The van der Waals surface area contributed by atoms with E-state index in [-0.39, 0.29) is 0 Å². The highest BCUT2D eigenvalue weighted by Crippen LogP contribution is 2.42. The maximum absolute atomic E-state index is 10.7. The SMILES string of the molecule is CC1CCC(O)(C2(N)CCOCC2)CC1. The summed E-state index contributed by atoms with van der Waals surface area (Å²) in [7, 11) is 0. The van der Waals surface area contributed by atoms with Gasteiger partial charge in [-0.05, 0) is 44.4 Å². The molecule has 2 aliphatic rings. The van der Waals surface area contributed by atoms with Crippen LogP contribution in [0.1, 0.15) is 45.4 Å². The highest BCUT2D eigenvalue weighted by atomic mass is 16.5. The molecule has 1 aliphatic heterocycles. The zero-order valence-corrected chi connectivity index (χ0v) is 9.67. The van der Waals surface area contributed by atoms with Gasteiger partial charge in [0.1, 0.15) is 0 Å². The Labute approximate surface area is 92.0 Å². The Hall–Kier alpha value is -0.120. The fourth-order valence-electron chi connectivity index (χ4n) is 2.94. The van der Waals surface area contributed by atoms with Crippen molar-refractivity contribution in [3.8, 4) is 0 Å². The van der Waals surface area contributed by atoms with E-state index in [9.17, 15) is 5.11 Å². The third-order valence-electron chi connectivity index (χ3n) is 4.41. The third-order valence-corrected chi connectivity index (χ3v) is 4.41. The van der Waals surface area contributed by atoms with Crippen LogP contribution in [-0.2, 0) is 4.74 Å². The molecule has 0 bridgehead atoms. The van der Waals surface area contributed by atoms with Crippen LogP contribution in [0.15, 0.2) is 0 Å². The van der Waals surface area contributed by atoms with E-state index in [1.807, 2.05) is 0 Å². The summed E-state index contributed by atoms with van der Waals surface area (Å²) in [5, 5.41) is 10.7. The van der Waals surface area contributed by atoms with Crippen molar-refractivity contribution < 1.29 is 9.84 Å². The summed E-state index contributed by atoms with van der Waals surface area (Å²) in [6.45, 7) is 3.66. The minimum absolute atomic E-state index is 0.397. The van der Waals surface area contributed by atoms with Gasteiger partial charge in [0.25, 0.3) is 0 Å². The summed E-state index contributed by atoms with van der Waals surface area (Å²) in [6.07, 6.45) is 5.55. The van der Waals surface area contributed by atoms with Crippen molar-refractivity contribution >= 4 is 0 Å². The molecule has 0 spiro atoms. The van der Waals surface area contributed by atoms with Crippen LogP contribution in [0.5, 0.6) is 0 Å². The van der Waals surface area contributed by atoms with Gasteiger partial charge < -0.3 is 15.6 Å². The van der Waals surface area contributed by atoms with Crippen molar-refractivity contribution in [2.24, 2.45) is 11.7 Å². The lowest BCUT2D eigenvalue weighted by Gasteiger charge is -2.49. The van der Waals surface area contributed by atoms with E-state index in [1.54, 1.807) is 0 Å². The summed E-state index contributed by atoms with van der Waals surface area (Å²) in [5.41, 5.74) is 5.35. The Morgan fingerprint density at radius 3 is 2.20 bits per heavy atom. The van der Waals surface area contributed by atoms with E-state index in [0.717, 1.165) is 44.4 Å². The van der Waals surface area contributed by atoms with Crippen molar-refractivity contribution in [2.75, 3.05) is 13.2 Å². The fraction of sp³-hybridized carbons (Fsp3) is 1.00. The van der Waals surface area contributed by atoms with Crippen molar-refractivity contribution in [1.29, 1.82) is 0 Å². The van der Waals surface area contributed by atoms with Gasteiger partial charge in [0.15, 0.2) is 0 Å². The van der Waals surface area contributed by atoms with E-state index < -0.39 is 11.1 Å². The minimum atomic E-state index is -0.636. The second-order valence-corrected chi connectivity index (χ2v) is 5.48. The van der Waals surface area contributed by atoms with Gasteiger partial charge in [0.2, 0.25) is 0 Å². The van der Waals surface area contributed by atoms with Gasteiger partial charge in [0, 0.05) is 18.8 Å². The lowest BCUT2D eigenvalue weighted by Crippen LogP contribution is -2.64. The molecule has 2 fully saturated rings. The second kappa shape index (κ2) is 4.04. The molecule has 2 rings (SSSR count). The van der Waals surface area contributed by atoms with Crippen molar-refractivity contribution in [2.45, 2.75) is 56.6 Å². The summed E-state index contributed by atoms with van der Waals surface area (Å²) >= 11 is 0. The standard InChI is InChI=1S/C12H23NO2/c1-10-2-4-12(14,5-3-10)11(13)6-8-15-9-7-11/h10,14H,2-9,13H2,1H3. The maximum atomic E-state index is 10.7. The Bertz CT molecular complexity index is 216. The molecule has 1 saturated carbocycles. The Kier molecular flexibility index (Phi) is 3.06. The predicted octanol–water partition coefficient (Wildman–Crippen LogP) is 1.44. The first-order chi connectivity index (χ1) is 7.06. The lowest BCUT2D eigenvalue weighted by atomic mass is 9.66. The number of hydrogen-bond acceptors (Lipinski definition) is 3. The van der Waals surface area contributed by atoms with Crippen LogP contribution < -0.4 is 5.73 Å². The molecule has 1 heterocycles. The molecule has 3 nitrogen and oxygen atoms in total. The van der Waals surface area contributed by atoms with Gasteiger partial charge in [-0.1, -0.05) is 6.92 Å². The monoisotopic (exact) mass is 213 g/mol. The fourth-order valence-corrected chi connectivity index (χ4v) is 2.94. The number of ether oxygens (including phenoxy) is 1. The molecule has 0 amide bonds. The molecule has 0 aromatic heterocycles. The first-order valence-corrected chi connectivity index (χ1v) is 6.15. The largest absolute Gasteiger partial charge is 0.388 e. The quantitative estimate of drug-likeness (QED) is 0.693. The van der Waals surface area contributed by atoms with E-state index in [1.165, 1.54) is 0 Å². The zero-order valence-electron chi connectivity index (χ0n) is 9.67. The van der Waals surface area contributed by atoms with E-state index in [2.05, 4.69) is 6.92 Å². The predicted molar refractivity (Wildman–Crippen MR) is 59.6 cm³/mol. The molecule has 3 heteroatoms. The number of aliphatic hydroxyl groups is 1. The number of hydrogen-bond donors (Lipinski definition) is 2. The van der Waals surface area contributed by atoms with Gasteiger partial charge in [-0.25, -0.2) is 0 Å². The highest BCUT2D eigenvalue weighted by Gasteiger charge is 2.49. The van der Waals surface area contributed by atoms with Crippen molar-refractivity contribution in [1.82, 2.24) is 0 Å². The molecule has 0 radical (unpaired) electrons. The second-order valence-electron chi connectivity index (χ2n) is 5.48. The van der Waals surface area contributed by atoms with Crippen molar-refractivity contribution in [3.63, 3.8) is 0 Å². The molecular formula is C12H23NO2. The average Bonchev–Trinajstić information content (AvgIpc) is 2.24. The summed E-state index contributed by atoms with van der Waals surface area (Å²) in [4.78, 5) is 0. The molecule has 0 aromatic carbocycles. The van der Waals surface area contributed by atoms with Crippen LogP contribution >= 0.6 is 0 Å². The van der Waals surface area contributed by atoms with Crippen LogP contribution in [-0.4, -0.2) is 29.5 Å².